The Balaban J connectivity index is 1.44. The van der Waals surface area contributed by atoms with Crippen LogP contribution in [0.2, 0.25) is 0 Å². The number of aryl methyl sites for hydroxylation is 1. The maximum Gasteiger partial charge on any atom is 0.243 e. The smallest absolute Gasteiger partial charge is 0.243 e. The van der Waals surface area contributed by atoms with Crippen molar-refractivity contribution in [2.75, 3.05) is 32.7 Å². The third kappa shape index (κ3) is 4.15. The van der Waals surface area contributed by atoms with Crippen molar-refractivity contribution in [2.24, 2.45) is 0 Å². The molecular weight excluding hydrogens is 296 g/mol. The van der Waals surface area contributed by atoms with Gasteiger partial charge >= 0.3 is 0 Å². The first-order valence-electron chi connectivity index (χ1n) is 8.04. The molecular formula is C15H24N6O2. The van der Waals surface area contributed by atoms with Crippen molar-refractivity contribution in [3.05, 3.63) is 30.2 Å². The van der Waals surface area contributed by atoms with Crippen LogP contribution in [-0.2, 0) is 6.54 Å². The van der Waals surface area contributed by atoms with Gasteiger partial charge in [0, 0.05) is 45.1 Å². The van der Waals surface area contributed by atoms with Gasteiger partial charge in [-0.15, -0.1) is 0 Å². The van der Waals surface area contributed by atoms with E-state index in [1.165, 1.54) is 0 Å². The molecule has 2 aromatic heterocycles. The Kier molecular flexibility index (Phi) is 5.04. The van der Waals surface area contributed by atoms with Gasteiger partial charge in [-0.25, -0.2) is 0 Å². The van der Waals surface area contributed by atoms with Crippen LogP contribution >= 0.6 is 0 Å². The molecule has 8 heteroatoms. The summed E-state index contributed by atoms with van der Waals surface area (Å²) in [7, 11) is 0. The normalized spacial score (nSPS) is 19.8. The summed E-state index contributed by atoms with van der Waals surface area (Å²) in [5, 5.41) is 18.2. The Hall–Kier alpha value is -1.77. The molecule has 1 fully saturated rings. The van der Waals surface area contributed by atoms with Crippen molar-refractivity contribution in [1.29, 1.82) is 0 Å². The number of β-amino-alcohol motifs (C(OH)–C–C–N with tert-alkyl or cyclic N) is 1. The second kappa shape index (κ2) is 7.20. The molecule has 1 N–H and O–H groups in total. The molecule has 2 aromatic rings. The molecule has 3 heterocycles. The molecule has 0 saturated carbocycles. The molecule has 0 unspecified atom stereocenters. The lowest BCUT2D eigenvalue weighted by Crippen LogP contribution is -2.49. The van der Waals surface area contributed by atoms with E-state index in [1.807, 2.05) is 19.2 Å². The molecule has 2 atom stereocenters. The van der Waals surface area contributed by atoms with Crippen LogP contribution in [0.4, 0.5) is 0 Å². The van der Waals surface area contributed by atoms with E-state index >= 15 is 0 Å². The van der Waals surface area contributed by atoms with Crippen molar-refractivity contribution in [3.63, 3.8) is 0 Å². The van der Waals surface area contributed by atoms with E-state index in [1.54, 1.807) is 10.9 Å². The number of aliphatic hydroxyl groups excluding tert-OH is 1. The van der Waals surface area contributed by atoms with E-state index in [2.05, 4.69) is 32.0 Å². The van der Waals surface area contributed by atoms with Gasteiger partial charge in [-0.05, 0) is 19.9 Å². The van der Waals surface area contributed by atoms with Crippen molar-refractivity contribution in [2.45, 2.75) is 32.5 Å². The number of hydrogen-bond acceptors (Lipinski definition) is 7. The van der Waals surface area contributed by atoms with Crippen molar-refractivity contribution < 1.29 is 9.63 Å². The van der Waals surface area contributed by atoms with E-state index in [-0.39, 0.29) is 6.04 Å². The Morgan fingerprint density at radius 1 is 1.26 bits per heavy atom. The van der Waals surface area contributed by atoms with Crippen molar-refractivity contribution >= 4 is 0 Å². The number of aliphatic hydroxyl groups is 1. The summed E-state index contributed by atoms with van der Waals surface area (Å²) < 4.78 is 7.03. The Bertz CT molecular complexity index is 591. The molecule has 1 aliphatic rings. The molecule has 23 heavy (non-hydrogen) atoms. The highest BCUT2D eigenvalue weighted by Gasteiger charge is 2.26. The quantitative estimate of drug-likeness (QED) is 0.820. The summed E-state index contributed by atoms with van der Waals surface area (Å²) in [4.78, 5) is 8.94. The third-order valence-electron chi connectivity index (χ3n) is 4.28. The fraction of sp³-hybridized carbons (Fsp3) is 0.667. The van der Waals surface area contributed by atoms with E-state index < -0.39 is 6.10 Å². The Morgan fingerprint density at radius 3 is 2.65 bits per heavy atom. The van der Waals surface area contributed by atoms with Crippen molar-refractivity contribution in [3.8, 4) is 0 Å². The molecule has 126 valence electrons. The summed E-state index contributed by atoms with van der Waals surface area (Å²) in [5.41, 5.74) is 0. The predicted molar refractivity (Wildman–Crippen MR) is 83.7 cm³/mol. The van der Waals surface area contributed by atoms with Crippen molar-refractivity contribution in [1.82, 2.24) is 29.7 Å². The molecule has 3 rings (SSSR count). The maximum atomic E-state index is 10.2. The fourth-order valence-corrected chi connectivity index (χ4v) is 2.95. The van der Waals surface area contributed by atoms with Crippen LogP contribution in [0.15, 0.2) is 23.0 Å². The summed E-state index contributed by atoms with van der Waals surface area (Å²) in [5.74, 6) is 1.35. The van der Waals surface area contributed by atoms with Gasteiger partial charge in [0.25, 0.3) is 0 Å². The first-order chi connectivity index (χ1) is 11.1. The number of rotatable bonds is 6. The summed E-state index contributed by atoms with van der Waals surface area (Å²) in [6.45, 7) is 8.83. The summed E-state index contributed by atoms with van der Waals surface area (Å²) in [6, 6.07) is 2.00. The minimum atomic E-state index is -0.405. The number of nitrogens with zero attached hydrogens (tertiary/aromatic N) is 6. The largest absolute Gasteiger partial charge is 0.390 e. The van der Waals surface area contributed by atoms with Gasteiger partial charge in [0.15, 0.2) is 5.82 Å². The predicted octanol–water partition coefficient (Wildman–Crippen LogP) is 0.314. The lowest BCUT2D eigenvalue weighted by molar-refractivity contribution is 0.0459. The monoisotopic (exact) mass is 320 g/mol. The maximum absolute atomic E-state index is 10.2. The number of aromatic nitrogens is 4. The highest BCUT2D eigenvalue weighted by Crippen LogP contribution is 2.20. The van der Waals surface area contributed by atoms with E-state index in [9.17, 15) is 5.11 Å². The molecule has 0 aromatic carbocycles. The average molecular weight is 320 g/mol. The summed E-state index contributed by atoms with van der Waals surface area (Å²) in [6.07, 6.45) is 3.19. The van der Waals surface area contributed by atoms with E-state index in [0.29, 0.717) is 24.8 Å². The van der Waals surface area contributed by atoms with Gasteiger partial charge in [0.05, 0.1) is 18.7 Å². The molecule has 0 amide bonds. The zero-order valence-electron chi connectivity index (χ0n) is 13.7. The highest BCUT2D eigenvalue weighted by molar-refractivity contribution is 4.92. The van der Waals surface area contributed by atoms with Crippen LogP contribution in [0, 0.1) is 6.92 Å². The minimum Gasteiger partial charge on any atom is -0.390 e. The van der Waals surface area contributed by atoms with E-state index in [4.69, 9.17) is 4.52 Å². The van der Waals surface area contributed by atoms with Gasteiger partial charge in [-0.1, -0.05) is 5.16 Å². The zero-order valence-corrected chi connectivity index (χ0v) is 13.7. The molecule has 8 nitrogen and oxygen atoms in total. The lowest BCUT2D eigenvalue weighted by Gasteiger charge is -2.37. The van der Waals surface area contributed by atoms with Gasteiger partial charge in [0.1, 0.15) is 0 Å². The molecule has 0 spiro atoms. The van der Waals surface area contributed by atoms with Gasteiger partial charge < -0.3 is 9.63 Å². The van der Waals surface area contributed by atoms with Crippen LogP contribution in [0.5, 0.6) is 0 Å². The lowest BCUT2D eigenvalue weighted by atomic mass is 10.2. The number of hydrogen-bond donors (Lipinski definition) is 1. The first kappa shape index (κ1) is 16.1. The van der Waals surface area contributed by atoms with Crippen LogP contribution in [0.25, 0.3) is 0 Å². The van der Waals surface area contributed by atoms with Crippen LogP contribution in [0.3, 0.4) is 0 Å². The highest BCUT2D eigenvalue weighted by atomic mass is 16.5. The number of piperazine rings is 1. The standard InChI is InChI=1S/C15H24N6O2/c1-12(15-17-13(2)18-23-15)20-8-6-19(7-9-20)10-14(22)11-21-5-3-4-16-21/h3-5,12,14,22H,6-11H2,1-2H3/t12-,14-/m0/s1. The SMILES string of the molecule is Cc1noc([C@H](C)N2CCN(C[C@H](O)Cn3cccn3)CC2)n1. The van der Waals surface area contributed by atoms with Crippen LogP contribution in [0.1, 0.15) is 24.7 Å². The zero-order chi connectivity index (χ0) is 16.2. The Morgan fingerprint density at radius 2 is 2.04 bits per heavy atom. The van der Waals surface area contributed by atoms with Gasteiger partial charge in [-0.3, -0.25) is 14.5 Å². The second-order valence-electron chi connectivity index (χ2n) is 6.07. The van der Waals surface area contributed by atoms with Gasteiger partial charge in [-0.2, -0.15) is 10.1 Å². The topological polar surface area (TPSA) is 83.5 Å². The first-order valence-corrected chi connectivity index (χ1v) is 8.04. The van der Waals surface area contributed by atoms with Crippen LogP contribution < -0.4 is 0 Å². The van der Waals surface area contributed by atoms with Crippen LogP contribution in [-0.4, -0.2) is 73.7 Å². The third-order valence-corrected chi connectivity index (χ3v) is 4.28. The minimum absolute atomic E-state index is 0.132. The fourth-order valence-electron chi connectivity index (χ4n) is 2.95. The van der Waals surface area contributed by atoms with Gasteiger partial charge in [0.2, 0.25) is 5.89 Å². The average Bonchev–Trinajstić information content (AvgIpc) is 3.19. The molecule has 1 aliphatic heterocycles. The second-order valence-corrected chi connectivity index (χ2v) is 6.07. The summed E-state index contributed by atoms with van der Waals surface area (Å²) >= 11 is 0. The molecule has 0 aliphatic carbocycles. The molecule has 0 radical (unpaired) electrons. The van der Waals surface area contributed by atoms with E-state index in [0.717, 1.165) is 26.2 Å². The molecule has 1 saturated heterocycles. The molecule has 0 bridgehead atoms. The Labute approximate surface area is 135 Å².